The number of aryl methyl sites for hydroxylation is 2. The van der Waals surface area contributed by atoms with Gasteiger partial charge in [-0.2, -0.15) is 4.31 Å². The first-order valence-electron chi connectivity index (χ1n) is 19.2. The number of rotatable bonds is 14. The number of aliphatic carboxylic acids is 1. The number of sulfonamides is 1. The summed E-state index contributed by atoms with van der Waals surface area (Å²) in [5.41, 5.74) is 4.38. The fourth-order valence-corrected chi connectivity index (χ4v) is 9.34. The Morgan fingerprint density at radius 2 is 1.34 bits per heavy atom. The van der Waals surface area contributed by atoms with E-state index in [-0.39, 0.29) is 104 Å². The van der Waals surface area contributed by atoms with Crippen molar-refractivity contribution < 1.29 is 43.3 Å². The zero-order valence-electron chi connectivity index (χ0n) is 31.9. The van der Waals surface area contributed by atoms with Gasteiger partial charge in [0.15, 0.2) is 0 Å². The SMILES string of the molecule is CCN(C1CCC(C(=O)O)CC1)S(=O)(=O)c1cccc(C(=O)Nc2ccc(N3CCCCC3)cc2C(=O)Nc2ccc(CCc3ccc(C(=O)O)cc3)cc2)c1.O.[NaH].[NaH]. The maximum atomic E-state index is 13.9. The molecule has 0 unspecified atom stereocenters. The van der Waals surface area contributed by atoms with Crippen LogP contribution in [0.15, 0.2) is 95.9 Å². The van der Waals surface area contributed by atoms with Crippen molar-refractivity contribution in [3.05, 3.63) is 119 Å². The number of amides is 2. The molecule has 0 atom stereocenters. The van der Waals surface area contributed by atoms with Gasteiger partial charge in [0.1, 0.15) is 0 Å². The summed E-state index contributed by atoms with van der Waals surface area (Å²) in [6.45, 7) is 3.67. The second kappa shape index (κ2) is 22.9. The van der Waals surface area contributed by atoms with Gasteiger partial charge < -0.3 is 31.2 Å². The third-order valence-corrected chi connectivity index (χ3v) is 12.8. The van der Waals surface area contributed by atoms with Crippen molar-refractivity contribution in [1.29, 1.82) is 0 Å². The van der Waals surface area contributed by atoms with E-state index in [9.17, 15) is 32.7 Å². The van der Waals surface area contributed by atoms with Crippen LogP contribution < -0.4 is 15.5 Å². The zero-order valence-corrected chi connectivity index (χ0v) is 32.8. The number of piperidine rings is 1. The quantitative estimate of drug-likeness (QED) is 0.123. The Morgan fingerprint density at radius 1 is 0.729 bits per heavy atom. The molecule has 2 amide bonds. The molecule has 59 heavy (non-hydrogen) atoms. The molecule has 1 saturated carbocycles. The first-order chi connectivity index (χ1) is 26.9. The standard InChI is InChI=1S/C43H48N4O8S.2Na.H2O.2H/c1-2-47(35-21-17-32(18-22-35)43(52)53)56(54,55)37-8-6-7-33(27-37)40(48)45-39-24-23-36(46-25-4-3-5-26-46)28-38(39)41(49)44-34-19-13-30(14-20-34)10-9-29-11-15-31(16-12-29)42(50)51;;;;;/h6-8,11-16,19-20,23-24,27-28,32,35H,2-5,9-10,17-18,21-22,25-26H2,1H3,(H,44,49)(H,45,48)(H,50,51)(H,52,53);;;1H2;;. The second-order valence-electron chi connectivity index (χ2n) is 14.5. The molecule has 306 valence electrons. The van der Waals surface area contributed by atoms with Crippen molar-refractivity contribution >= 4 is 110 Å². The number of anilines is 3. The number of aromatic carboxylic acids is 1. The van der Waals surface area contributed by atoms with Crippen molar-refractivity contribution in [3.8, 4) is 0 Å². The average molecular weight is 847 g/mol. The normalized spacial score (nSPS) is 16.4. The van der Waals surface area contributed by atoms with Crippen LogP contribution in [-0.2, 0) is 27.7 Å². The number of carboxylic acid groups (broad SMARTS) is 2. The molecule has 4 aromatic rings. The summed E-state index contributed by atoms with van der Waals surface area (Å²) in [6.07, 6.45) is 6.36. The molecular weight excluding hydrogens is 795 g/mol. The van der Waals surface area contributed by atoms with Gasteiger partial charge in [-0.3, -0.25) is 14.4 Å². The van der Waals surface area contributed by atoms with Crippen molar-refractivity contribution in [3.63, 3.8) is 0 Å². The predicted molar refractivity (Wildman–Crippen MR) is 233 cm³/mol. The van der Waals surface area contributed by atoms with E-state index >= 15 is 0 Å². The number of hydrogen-bond acceptors (Lipinski definition) is 7. The number of carbonyl (C=O) groups excluding carboxylic acids is 2. The topological polar surface area (TPSA) is 205 Å². The molecule has 13 nitrogen and oxygen atoms in total. The molecule has 2 aliphatic rings. The van der Waals surface area contributed by atoms with Gasteiger partial charge in [0.05, 0.1) is 27.6 Å². The minimum absolute atomic E-state index is 0. The summed E-state index contributed by atoms with van der Waals surface area (Å²) < 4.78 is 29.1. The fourth-order valence-electron chi connectivity index (χ4n) is 7.60. The van der Waals surface area contributed by atoms with Gasteiger partial charge >= 0.3 is 71.1 Å². The van der Waals surface area contributed by atoms with Crippen LogP contribution in [0.2, 0.25) is 0 Å². The molecule has 6 N–H and O–H groups in total. The third-order valence-electron chi connectivity index (χ3n) is 10.8. The summed E-state index contributed by atoms with van der Waals surface area (Å²) in [7, 11) is -4.00. The van der Waals surface area contributed by atoms with E-state index in [0.717, 1.165) is 62.0 Å². The average Bonchev–Trinajstić information content (AvgIpc) is 3.21. The fraction of sp³-hybridized carbons (Fsp3) is 0.349. The first kappa shape index (κ1) is 49.8. The van der Waals surface area contributed by atoms with E-state index in [4.69, 9.17) is 5.11 Å². The van der Waals surface area contributed by atoms with E-state index in [1.165, 1.54) is 28.6 Å². The van der Waals surface area contributed by atoms with Crippen LogP contribution in [0.5, 0.6) is 0 Å². The number of carbonyl (C=O) groups is 4. The maximum absolute atomic E-state index is 13.9. The molecule has 0 aromatic heterocycles. The van der Waals surface area contributed by atoms with Gasteiger partial charge in [0, 0.05) is 42.6 Å². The molecule has 16 heteroatoms. The number of nitrogens with one attached hydrogen (secondary N) is 2. The molecule has 4 aromatic carbocycles. The van der Waals surface area contributed by atoms with Crippen LogP contribution in [0, 0.1) is 5.92 Å². The second-order valence-corrected chi connectivity index (χ2v) is 16.4. The van der Waals surface area contributed by atoms with E-state index in [1.54, 1.807) is 31.2 Å². The van der Waals surface area contributed by atoms with Crippen LogP contribution in [0.4, 0.5) is 17.1 Å². The third kappa shape index (κ3) is 12.7. The van der Waals surface area contributed by atoms with Gasteiger partial charge in [-0.15, -0.1) is 0 Å². The van der Waals surface area contributed by atoms with Gasteiger partial charge in [-0.05, 0) is 130 Å². The zero-order chi connectivity index (χ0) is 39.8. The van der Waals surface area contributed by atoms with Crippen LogP contribution in [0.1, 0.15) is 94.1 Å². The monoisotopic (exact) mass is 846 g/mol. The van der Waals surface area contributed by atoms with Crippen molar-refractivity contribution in [2.24, 2.45) is 5.92 Å². The Labute approximate surface area is 389 Å². The number of hydrogen-bond donors (Lipinski definition) is 4. The van der Waals surface area contributed by atoms with Crippen LogP contribution in [0.25, 0.3) is 0 Å². The molecule has 0 radical (unpaired) electrons. The number of carboxylic acids is 2. The van der Waals surface area contributed by atoms with Crippen molar-refractivity contribution in [1.82, 2.24) is 4.31 Å². The first-order valence-corrected chi connectivity index (χ1v) is 20.6. The molecule has 1 aliphatic carbocycles. The van der Waals surface area contributed by atoms with E-state index in [2.05, 4.69) is 15.5 Å². The van der Waals surface area contributed by atoms with E-state index in [1.807, 2.05) is 42.5 Å². The molecular formula is C43H52N4Na2O9S. The van der Waals surface area contributed by atoms with Crippen LogP contribution in [-0.4, -0.2) is 137 Å². The summed E-state index contributed by atoms with van der Waals surface area (Å²) in [5.74, 6) is -3.29. The molecule has 2 fully saturated rings. The number of nitrogens with zero attached hydrogens (tertiary/aromatic N) is 2. The van der Waals surface area contributed by atoms with Gasteiger partial charge in [-0.1, -0.05) is 37.3 Å². The minimum atomic E-state index is -4.00. The Hall–Kier alpha value is -3.57. The van der Waals surface area contributed by atoms with Gasteiger partial charge in [0.2, 0.25) is 10.0 Å². The summed E-state index contributed by atoms with van der Waals surface area (Å²) >= 11 is 0. The predicted octanol–water partition coefficient (Wildman–Crippen LogP) is 5.20. The Bertz CT molecular complexity index is 2170. The summed E-state index contributed by atoms with van der Waals surface area (Å²) in [6, 6.07) is 25.1. The summed E-state index contributed by atoms with van der Waals surface area (Å²) in [5, 5.41) is 24.4. The molecule has 0 bridgehead atoms. The Kier molecular flexibility index (Phi) is 19.3. The molecule has 1 saturated heterocycles. The summed E-state index contributed by atoms with van der Waals surface area (Å²) in [4.78, 5) is 52.5. The molecule has 0 spiro atoms. The molecule has 1 aliphatic heterocycles. The van der Waals surface area contributed by atoms with Crippen LogP contribution in [0.3, 0.4) is 0 Å². The van der Waals surface area contributed by atoms with Gasteiger partial charge in [-0.25, -0.2) is 13.2 Å². The van der Waals surface area contributed by atoms with Crippen molar-refractivity contribution in [2.45, 2.75) is 75.6 Å². The van der Waals surface area contributed by atoms with E-state index < -0.39 is 39.7 Å². The number of benzene rings is 4. The molecule has 6 rings (SSSR count). The van der Waals surface area contributed by atoms with Crippen molar-refractivity contribution in [2.75, 3.05) is 35.2 Å². The van der Waals surface area contributed by atoms with Crippen LogP contribution >= 0.6 is 0 Å². The Morgan fingerprint density at radius 3 is 1.92 bits per heavy atom. The Balaban J connectivity index is 0.00000310. The van der Waals surface area contributed by atoms with E-state index in [0.29, 0.717) is 31.4 Å². The molecule has 1 heterocycles. The van der Waals surface area contributed by atoms with Gasteiger partial charge in [0.25, 0.3) is 11.8 Å².